The van der Waals surface area contributed by atoms with Crippen LogP contribution in [0.3, 0.4) is 0 Å². The van der Waals surface area contributed by atoms with Crippen LogP contribution < -0.4 is 11.5 Å². The van der Waals surface area contributed by atoms with Crippen LogP contribution in [0.25, 0.3) is 5.57 Å². The van der Waals surface area contributed by atoms with Crippen LogP contribution in [0.4, 0.5) is 0 Å². The summed E-state index contributed by atoms with van der Waals surface area (Å²) in [5, 5.41) is 0. The minimum absolute atomic E-state index is 0.355. The topological polar surface area (TPSA) is 89.4 Å². The fourth-order valence-corrected chi connectivity index (χ4v) is 5.00. The van der Waals surface area contributed by atoms with E-state index in [0.29, 0.717) is 13.1 Å². The van der Waals surface area contributed by atoms with Crippen LogP contribution in [0.15, 0.2) is 60.2 Å². The Morgan fingerprint density at radius 3 is 2.35 bits per heavy atom. The third kappa shape index (κ3) is 3.69. The fraction of sp³-hybridized carbons (Fsp3) is 0.400. The van der Waals surface area contributed by atoms with Gasteiger partial charge in [0.05, 0.1) is 6.04 Å². The number of hydrogen-bond acceptors (Lipinski definition) is 4. The van der Waals surface area contributed by atoms with Gasteiger partial charge in [-0.2, -0.15) is 0 Å². The summed E-state index contributed by atoms with van der Waals surface area (Å²) in [6.07, 6.45) is 8.05. The van der Waals surface area contributed by atoms with E-state index in [9.17, 15) is 8.42 Å². The molecule has 6 heteroatoms. The Bertz CT molecular complexity index is 809. The van der Waals surface area contributed by atoms with Gasteiger partial charge in [-0.3, -0.25) is 0 Å². The first-order chi connectivity index (χ1) is 12.3. The first-order valence-corrected chi connectivity index (χ1v) is 10.5. The molecule has 4 N–H and O–H groups in total. The van der Waals surface area contributed by atoms with Crippen LogP contribution in [-0.2, 0) is 10.0 Å². The van der Waals surface area contributed by atoms with Crippen LogP contribution >= 0.6 is 0 Å². The van der Waals surface area contributed by atoms with Crippen molar-refractivity contribution in [1.29, 1.82) is 0 Å². The van der Waals surface area contributed by atoms with Crippen LogP contribution in [0.2, 0.25) is 0 Å². The number of sulfonamides is 1. The molecule has 0 aromatic heterocycles. The van der Waals surface area contributed by atoms with Crippen molar-refractivity contribution in [1.82, 2.24) is 4.31 Å². The average Bonchev–Trinajstić information content (AvgIpc) is 2.63. The fourth-order valence-electron chi connectivity index (χ4n) is 3.17. The minimum atomic E-state index is -3.81. The largest absolute Gasteiger partial charge is 0.322 e. The number of nitrogens with two attached hydrogens (primary N) is 2. The summed E-state index contributed by atoms with van der Waals surface area (Å²) in [5.41, 5.74) is 15.3. The van der Waals surface area contributed by atoms with E-state index >= 15 is 0 Å². The van der Waals surface area contributed by atoms with E-state index in [1.54, 1.807) is 26.0 Å². The smallest absolute Gasteiger partial charge is 0.238 e. The van der Waals surface area contributed by atoms with Gasteiger partial charge in [0.2, 0.25) is 10.0 Å². The van der Waals surface area contributed by atoms with E-state index < -0.39 is 20.9 Å². The molecular formula is C20H29N3O2S. The maximum absolute atomic E-state index is 13.2. The van der Waals surface area contributed by atoms with E-state index in [4.69, 9.17) is 11.5 Å². The summed E-state index contributed by atoms with van der Waals surface area (Å²) in [5.74, 6) is 0. The Kier molecular flexibility index (Phi) is 6.58. The van der Waals surface area contributed by atoms with Gasteiger partial charge in [0.25, 0.3) is 0 Å². The quantitative estimate of drug-likeness (QED) is 0.767. The Hall–Kier alpha value is -1.73. The molecule has 0 amide bonds. The lowest BCUT2D eigenvalue weighted by atomic mass is 9.89. The van der Waals surface area contributed by atoms with Crippen LogP contribution in [0.1, 0.15) is 32.8 Å². The molecule has 0 saturated heterocycles. The van der Waals surface area contributed by atoms with Gasteiger partial charge >= 0.3 is 0 Å². The average molecular weight is 376 g/mol. The molecule has 142 valence electrons. The summed E-state index contributed by atoms with van der Waals surface area (Å²) in [4.78, 5) is -1.68. The molecule has 2 rings (SSSR count). The van der Waals surface area contributed by atoms with Gasteiger partial charge in [0.15, 0.2) is 4.87 Å². The number of rotatable bonds is 7. The second-order valence-corrected chi connectivity index (χ2v) is 8.49. The van der Waals surface area contributed by atoms with Gasteiger partial charge in [0, 0.05) is 13.1 Å². The third-order valence-corrected chi connectivity index (χ3v) is 7.16. The van der Waals surface area contributed by atoms with Gasteiger partial charge in [-0.15, -0.1) is 0 Å². The summed E-state index contributed by atoms with van der Waals surface area (Å²) in [7, 11) is -3.81. The third-order valence-electron chi connectivity index (χ3n) is 4.68. The Morgan fingerprint density at radius 1 is 1.19 bits per heavy atom. The van der Waals surface area contributed by atoms with Crippen molar-refractivity contribution >= 4 is 15.6 Å². The standard InChI is InChI=1S/C20H29N3O2S/c1-4-10-18(16-11-8-7-9-12-16)17-13-14-19(21)20(22,15-17)26(24,25)23(5-2)6-3/h7-15,19H,4-6,21-22H2,1-3H3. The highest BCUT2D eigenvalue weighted by Crippen LogP contribution is 2.33. The number of allylic oxidation sites excluding steroid dienone is 4. The maximum Gasteiger partial charge on any atom is 0.238 e. The van der Waals surface area contributed by atoms with Crippen molar-refractivity contribution in [3.8, 4) is 0 Å². The molecule has 1 aromatic rings. The lowest BCUT2D eigenvalue weighted by Crippen LogP contribution is -2.63. The first-order valence-electron chi connectivity index (χ1n) is 9.02. The van der Waals surface area contributed by atoms with Crippen molar-refractivity contribution in [3.63, 3.8) is 0 Å². The molecule has 1 aromatic carbocycles. The highest BCUT2D eigenvalue weighted by molar-refractivity contribution is 7.90. The van der Waals surface area contributed by atoms with Crippen LogP contribution in [0, 0.1) is 0 Å². The molecule has 0 aliphatic heterocycles. The molecule has 0 spiro atoms. The van der Waals surface area contributed by atoms with E-state index in [1.807, 2.05) is 43.3 Å². The molecule has 1 aliphatic carbocycles. The number of nitrogens with zero attached hydrogens (tertiary/aromatic N) is 1. The van der Waals surface area contributed by atoms with Crippen molar-refractivity contribution in [3.05, 3.63) is 65.8 Å². The predicted octanol–water partition coefficient (Wildman–Crippen LogP) is 2.63. The predicted molar refractivity (Wildman–Crippen MR) is 109 cm³/mol. The Morgan fingerprint density at radius 2 is 1.81 bits per heavy atom. The van der Waals surface area contributed by atoms with E-state index in [1.165, 1.54) is 4.31 Å². The van der Waals surface area contributed by atoms with E-state index in [2.05, 4.69) is 6.08 Å². The lowest BCUT2D eigenvalue weighted by molar-refractivity contribution is 0.414. The second kappa shape index (κ2) is 8.31. The summed E-state index contributed by atoms with van der Waals surface area (Å²) in [6, 6.07) is 9.06. The second-order valence-electron chi connectivity index (χ2n) is 6.32. The van der Waals surface area contributed by atoms with Crippen molar-refractivity contribution < 1.29 is 8.42 Å². The highest BCUT2D eigenvalue weighted by atomic mass is 32.2. The highest BCUT2D eigenvalue weighted by Gasteiger charge is 2.47. The number of hydrogen-bond donors (Lipinski definition) is 2. The normalized spacial score (nSPS) is 24.0. The molecular weight excluding hydrogens is 346 g/mol. The zero-order valence-corrected chi connectivity index (χ0v) is 16.5. The van der Waals surface area contributed by atoms with Gasteiger partial charge < -0.3 is 11.5 Å². The maximum atomic E-state index is 13.2. The van der Waals surface area contributed by atoms with Gasteiger partial charge in [0.1, 0.15) is 0 Å². The Labute approximate surface area is 157 Å². The molecule has 5 nitrogen and oxygen atoms in total. The molecule has 26 heavy (non-hydrogen) atoms. The zero-order chi connectivity index (χ0) is 19.4. The SMILES string of the molecule is CCC=C(C1=CC(N)(S(=O)(=O)N(CC)CC)C(N)C=C1)c1ccccc1. The number of benzene rings is 1. The van der Waals surface area contributed by atoms with E-state index in [-0.39, 0.29) is 0 Å². The molecule has 0 heterocycles. The van der Waals surface area contributed by atoms with Crippen LogP contribution in [0.5, 0.6) is 0 Å². The Balaban J connectivity index is 2.59. The molecule has 2 unspecified atom stereocenters. The van der Waals surface area contributed by atoms with E-state index in [0.717, 1.165) is 23.1 Å². The van der Waals surface area contributed by atoms with Crippen molar-refractivity contribution in [2.24, 2.45) is 11.5 Å². The molecule has 0 saturated carbocycles. The molecule has 1 aliphatic rings. The van der Waals surface area contributed by atoms with Gasteiger partial charge in [-0.1, -0.05) is 69.3 Å². The first kappa shape index (κ1) is 20.6. The summed E-state index contributed by atoms with van der Waals surface area (Å²) < 4.78 is 27.7. The van der Waals surface area contributed by atoms with Crippen LogP contribution in [-0.4, -0.2) is 36.7 Å². The lowest BCUT2D eigenvalue weighted by Gasteiger charge is -2.37. The minimum Gasteiger partial charge on any atom is -0.322 e. The van der Waals surface area contributed by atoms with Crippen molar-refractivity contribution in [2.75, 3.05) is 13.1 Å². The molecule has 2 atom stereocenters. The molecule has 0 fully saturated rings. The van der Waals surface area contributed by atoms with Gasteiger partial charge in [-0.05, 0) is 29.2 Å². The summed E-state index contributed by atoms with van der Waals surface area (Å²) >= 11 is 0. The molecule has 0 radical (unpaired) electrons. The monoisotopic (exact) mass is 375 g/mol. The summed E-state index contributed by atoms with van der Waals surface area (Å²) in [6.45, 7) is 6.35. The zero-order valence-electron chi connectivity index (χ0n) is 15.7. The molecule has 0 bridgehead atoms. The van der Waals surface area contributed by atoms with Gasteiger partial charge in [-0.25, -0.2) is 12.7 Å². The van der Waals surface area contributed by atoms with Crippen molar-refractivity contribution in [2.45, 2.75) is 38.1 Å².